The Morgan fingerprint density at radius 3 is 2.52 bits per heavy atom. The summed E-state index contributed by atoms with van der Waals surface area (Å²) in [6, 6.07) is 9.23. The number of ether oxygens (including phenoxy) is 2. The molecule has 2 aromatic carbocycles. The van der Waals surface area contributed by atoms with Crippen LogP contribution < -0.4 is 9.47 Å². The first-order chi connectivity index (χ1) is 12.0. The van der Waals surface area contributed by atoms with Crippen LogP contribution in [0.1, 0.15) is 0 Å². The van der Waals surface area contributed by atoms with Crippen molar-refractivity contribution in [3.05, 3.63) is 51.5 Å². The maximum Gasteiger partial charge on any atom is 0.271 e. The minimum Gasteiger partial charge on any atom is -0.493 e. The van der Waals surface area contributed by atoms with Crippen LogP contribution in [0, 0.1) is 10.1 Å². The number of hydrogen-bond donors (Lipinski definition) is 0. The zero-order valence-electron chi connectivity index (χ0n) is 13.2. The SMILES string of the molecule is COc1ccc(-c2nnn(-c3ccc([N+](=O)[O-])cc3Cl)n2)cc1OC. The molecule has 25 heavy (non-hydrogen) atoms. The van der Waals surface area contributed by atoms with E-state index >= 15 is 0 Å². The summed E-state index contributed by atoms with van der Waals surface area (Å²) in [4.78, 5) is 11.5. The third kappa shape index (κ3) is 3.22. The molecular weight excluding hydrogens is 350 g/mol. The lowest BCUT2D eigenvalue weighted by Gasteiger charge is -2.07. The average Bonchev–Trinajstić information content (AvgIpc) is 3.10. The van der Waals surface area contributed by atoms with Crippen LogP contribution in [0.4, 0.5) is 5.69 Å². The Kier molecular flexibility index (Phi) is 4.48. The molecule has 0 amide bonds. The first kappa shape index (κ1) is 16.7. The van der Waals surface area contributed by atoms with Gasteiger partial charge in [-0.3, -0.25) is 10.1 Å². The van der Waals surface area contributed by atoms with Crippen LogP contribution in [0.25, 0.3) is 17.1 Å². The van der Waals surface area contributed by atoms with Gasteiger partial charge in [0.2, 0.25) is 5.82 Å². The second-order valence-electron chi connectivity index (χ2n) is 4.87. The van der Waals surface area contributed by atoms with Crippen LogP contribution in [-0.2, 0) is 0 Å². The number of rotatable bonds is 5. The molecule has 0 spiro atoms. The highest BCUT2D eigenvalue weighted by Gasteiger charge is 2.15. The van der Waals surface area contributed by atoms with Crippen LogP contribution in [-0.4, -0.2) is 39.4 Å². The molecule has 9 nitrogen and oxygen atoms in total. The van der Waals surface area contributed by atoms with Gasteiger partial charge in [-0.2, -0.15) is 0 Å². The Balaban J connectivity index is 1.97. The molecule has 0 N–H and O–H groups in total. The van der Waals surface area contributed by atoms with Crippen LogP contribution in [0.5, 0.6) is 11.5 Å². The molecule has 1 aromatic heterocycles. The molecule has 0 saturated heterocycles. The van der Waals surface area contributed by atoms with Crippen molar-refractivity contribution in [3.63, 3.8) is 0 Å². The minimum atomic E-state index is -0.528. The Bertz CT molecular complexity index is 943. The van der Waals surface area contributed by atoms with Gasteiger partial charge in [-0.15, -0.1) is 15.0 Å². The van der Waals surface area contributed by atoms with E-state index in [1.807, 2.05) is 0 Å². The lowest BCUT2D eigenvalue weighted by Crippen LogP contribution is -2.00. The van der Waals surface area contributed by atoms with E-state index in [1.165, 1.54) is 30.1 Å². The van der Waals surface area contributed by atoms with Gasteiger partial charge >= 0.3 is 0 Å². The zero-order valence-corrected chi connectivity index (χ0v) is 14.0. The van der Waals surface area contributed by atoms with E-state index in [0.29, 0.717) is 28.6 Å². The van der Waals surface area contributed by atoms with Gasteiger partial charge in [-0.25, -0.2) is 0 Å². The van der Waals surface area contributed by atoms with Crippen LogP contribution in [0.3, 0.4) is 0 Å². The molecule has 0 bridgehead atoms. The fourth-order valence-corrected chi connectivity index (χ4v) is 2.43. The highest BCUT2D eigenvalue weighted by molar-refractivity contribution is 6.32. The van der Waals surface area contributed by atoms with Crippen molar-refractivity contribution in [1.29, 1.82) is 0 Å². The normalized spacial score (nSPS) is 10.5. The van der Waals surface area contributed by atoms with Crippen LogP contribution in [0.2, 0.25) is 5.02 Å². The molecule has 1 heterocycles. The largest absolute Gasteiger partial charge is 0.493 e. The van der Waals surface area contributed by atoms with Crippen LogP contribution >= 0.6 is 11.6 Å². The van der Waals surface area contributed by atoms with E-state index < -0.39 is 4.92 Å². The van der Waals surface area contributed by atoms with Gasteiger partial charge in [-0.05, 0) is 29.5 Å². The van der Waals surface area contributed by atoms with E-state index in [2.05, 4.69) is 15.4 Å². The molecule has 0 aliphatic carbocycles. The second kappa shape index (κ2) is 6.73. The third-order valence-corrected chi connectivity index (χ3v) is 3.72. The fourth-order valence-electron chi connectivity index (χ4n) is 2.18. The van der Waals surface area contributed by atoms with E-state index in [-0.39, 0.29) is 10.7 Å². The summed E-state index contributed by atoms with van der Waals surface area (Å²) < 4.78 is 10.4. The van der Waals surface area contributed by atoms with Gasteiger partial charge in [0, 0.05) is 17.7 Å². The molecule has 0 fully saturated rings. The molecule has 0 radical (unpaired) electrons. The zero-order chi connectivity index (χ0) is 18.0. The predicted octanol–water partition coefficient (Wildman–Crippen LogP) is 2.91. The Hall–Kier alpha value is -3.20. The number of nitro benzene ring substituents is 1. The predicted molar refractivity (Wildman–Crippen MR) is 89.4 cm³/mol. The number of tetrazole rings is 1. The fraction of sp³-hybridized carbons (Fsp3) is 0.133. The molecule has 3 aromatic rings. The number of hydrogen-bond acceptors (Lipinski definition) is 7. The summed E-state index contributed by atoms with van der Waals surface area (Å²) in [5, 5.41) is 23.1. The lowest BCUT2D eigenvalue weighted by molar-refractivity contribution is -0.384. The third-order valence-electron chi connectivity index (χ3n) is 3.41. The summed E-state index contributed by atoms with van der Waals surface area (Å²) in [5.41, 5.74) is 0.933. The standard InChI is InChI=1S/C15H12ClN5O4/c1-24-13-6-3-9(7-14(13)25-2)15-17-19-20(18-15)12-5-4-10(21(22)23)8-11(12)16/h3-8H,1-2H3. The first-order valence-corrected chi connectivity index (χ1v) is 7.38. The maximum atomic E-state index is 10.8. The van der Waals surface area contributed by atoms with E-state index in [1.54, 1.807) is 25.3 Å². The van der Waals surface area contributed by atoms with Gasteiger partial charge in [0.05, 0.1) is 24.2 Å². The smallest absolute Gasteiger partial charge is 0.271 e. The molecule has 10 heteroatoms. The Morgan fingerprint density at radius 2 is 1.88 bits per heavy atom. The molecule has 3 rings (SSSR count). The topological polar surface area (TPSA) is 105 Å². The van der Waals surface area contributed by atoms with Crippen molar-refractivity contribution >= 4 is 17.3 Å². The Labute approximate surface area is 146 Å². The van der Waals surface area contributed by atoms with E-state index in [9.17, 15) is 10.1 Å². The molecule has 0 atom stereocenters. The van der Waals surface area contributed by atoms with E-state index in [0.717, 1.165) is 0 Å². The molecular formula is C15H12ClN5O4. The summed E-state index contributed by atoms with van der Waals surface area (Å²) >= 11 is 6.08. The summed E-state index contributed by atoms with van der Waals surface area (Å²) in [6.45, 7) is 0. The molecule has 0 saturated carbocycles. The molecule has 128 valence electrons. The highest BCUT2D eigenvalue weighted by atomic mass is 35.5. The van der Waals surface area contributed by atoms with Crippen molar-refractivity contribution < 1.29 is 14.4 Å². The summed E-state index contributed by atoms with van der Waals surface area (Å²) in [7, 11) is 3.07. The van der Waals surface area contributed by atoms with Crippen molar-refractivity contribution in [2.45, 2.75) is 0 Å². The van der Waals surface area contributed by atoms with Gasteiger partial charge < -0.3 is 9.47 Å². The number of aromatic nitrogens is 4. The van der Waals surface area contributed by atoms with Gasteiger partial charge in [-0.1, -0.05) is 11.6 Å². The van der Waals surface area contributed by atoms with Crippen LogP contribution in [0.15, 0.2) is 36.4 Å². The second-order valence-corrected chi connectivity index (χ2v) is 5.27. The van der Waals surface area contributed by atoms with Crippen molar-refractivity contribution in [2.24, 2.45) is 0 Å². The minimum absolute atomic E-state index is 0.117. The number of nitrogens with zero attached hydrogens (tertiary/aromatic N) is 5. The summed E-state index contributed by atoms with van der Waals surface area (Å²) in [6.07, 6.45) is 0. The van der Waals surface area contributed by atoms with Gasteiger partial charge in [0.25, 0.3) is 5.69 Å². The first-order valence-electron chi connectivity index (χ1n) is 7.00. The Morgan fingerprint density at radius 1 is 1.12 bits per heavy atom. The highest BCUT2D eigenvalue weighted by Crippen LogP contribution is 2.31. The molecule has 0 aliphatic heterocycles. The molecule has 0 unspecified atom stereocenters. The average molecular weight is 362 g/mol. The van der Waals surface area contributed by atoms with Crippen molar-refractivity contribution in [2.75, 3.05) is 14.2 Å². The maximum absolute atomic E-state index is 10.8. The van der Waals surface area contributed by atoms with Crippen molar-refractivity contribution in [1.82, 2.24) is 20.2 Å². The monoisotopic (exact) mass is 361 g/mol. The number of non-ortho nitro benzene ring substituents is 1. The van der Waals surface area contributed by atoms with E-state index in [4.69, 9.17) is 21.1 Å². The van der Waals surface area contributed by atoms with Crippen molar-refractivity contribution in [3.8, 4) is 28.6 Å². The number of nitro groups is 1. The van der Waals surface area contributed by atoms with Gasteiger partial charge in [0.1, 0.15) is 5.69 Å². The summed E-state index contributed by atoms with van der Waals surface area (Å²) in [5.74, 6) is 1.46. The van der Waals surface area contributed by atoms with Gasteiger partial charge in [0.15, 0.2) is 11.5 Å². The number of halogens is 1. The quantitative estimate of drug-likeness (QED) is 0.508. The molecule has 0 aliphatic rings. The number of benzene rings is 2. The lowest BCUT2D eigenvalue weighted by atomic mass is 10.2. The number of methoxy groups -OCH3 is 2.